The first-order chi connectivity index (χ1) is 7.58. The van der Waals surface area contributed by atoms with Crippen molar-refractivity contribution < 1.29 is 0 Å². The van der Waals surface area contributed by atoms with Crippen molar-refractivity contribution in [1.29, 1.82) is 0 Å². The molecule has 2 nitrogen and oxygen atoms in total. The van der Waals surface area contributed by atoms with Gasteiger partial charge < -0.3 is 10.6 Å². The molecule has 1 aliphatic carbocycles. The van der Waals surface area contributed by atoms with Crippen LogP contribution in [0.25, 0.3) is 0 Å². The summed E-state index contributed by atoms with van der Waals surface area (Å²) >= 11 is 5.44. The molecule has 1 aliphatic heterocycles. The van der Waals surface area contributed by atoms with Gasteiger partial charge in [-0.25, -0.2) is 0 Å². The smallest absolute Gasteiger partial charge is 0.143 e. The summed E-state index contributed by atoms with van der Waals surface area (Å²) in [5.41, 5.74) is 6.71. The highest BCUT2D eigenvalue weighted by molar-refractivity contribution is 7.80. The lowest BCUT2D eigenvalue weighted by atomic mass is 9.51. The van der Waals surface area contributed by atoms with Crippen LogP contribution in [0.4, 0.5) is 0 Å². The van der Waals surface area contributed by atoms with Crippen LogP contribution in [-0.2, 0) is 0 Å². The van der Waals surface area contributed by atoms with Crippen molar-refractivity contribution in [2.45, 2.75) is 56.8 Å². The first kappa shape index (κ1) is 12.4. The van der Waals surface area contributed by atoms with E-state index in [2.05, 4.69) is 18.8 Å². The fourth-order valence-electron chi connectivity index (χ4n) is 3.60. The molecular formula is C12H23BN2S. The molecule has 0 aromatic carbocycles. The van der Waals surface area contributed by atoms with E-state index in [0.29, 0.717) is 12.0 Å². The number of rotatable bonds is 1. The molecule has 3 atom stereocenters. The second kappa shape index (κ2) is 4.65. The molecule has 2 aliphatic rings. The molecule has 2 rings (SSSR count). The standard InChI is InChI=1S/C12H23BN2S/c1-13-12(14)8-4-3-5-10-9(12)6-7-11(16)15(10)2/h9-10,13H,3-8,14H2,1-2H3. The molecule has 1 saturated heterocycles. The van der Waals surface area contributed by atoms with E-state index in [0.717, 1.165) is 18.7 Å². The van der Waals surface area contributed by atoms with Crippen molar-refractivity contribution >= 4 is 24.5 Å². The van der Waals surface area contributed by atoms with E-state index in [4.69, 9.17) is 18.0 Å². The average molecular weight is 238 g/mol. The molecule has 1 heterocycles. The lowest BCUT2D eigenvalue weighted by Crippen LogP contribution is -2.60. The van der Waals surface area contributed by atoms with E-state index in [-0.39, 0.29) is 5.44 Å². The summed E-state index contributed by atoms with van der Waals surface area (Å²) in [6.07, 6.45) is 7.35. The zero-order chi connectivity index (χ0) is 11.8. The Morgan fingerprint density at radius 1 is 1.44 bits per heavy atom. The van der Waals surface area contributed by atoms with Gasteiger partial charge in [-0.3, -0.25) is 0 Å². The van der Waals surface area contributed by atoms with Crippen LogP contribution in [0, 0.1) is 5.92 Å². The van der Waals surface area contributed by atoms with Crippen LogP contribution in [-0.4, -0.2) is 35.7 Å². The maximum absolute atomic E-state index is 6.65. The summed E-state index contributed by atoms with van der Waals surface area (Å²) in [5.74, 6) is 0.650. The molecule has 90 valence electrons. The lowest BCUT2D eigenvalue weighted by Gasteiger charge is -2.47. The Kier molecular flexibility index (Phi) is 3.60. The van der Waals surface area contributed by atoms with Gasteiger partial charge in [-0.1, -0.05) is 31.9 Å². The number of piperidine rings is 1. The van der Waals surface area contributed by atoms with Gasteiger partial charge in [0.2, 0.25) is 0 Å². The third-order valence-corrected chi connectivity index (χ3v) is 5.31. The maximum atomic E-state index is 6.65. The molecule has 4 heteroatoms. The number of thiocarbonyl (C=S) groups is 1. The largest absolute Gasteiger partial charge is 0.366 e. The van der Waals surface area contributed by atoms with Gasteiger partial charge >= 0.3 is 0 Å². The van der Waals surface area contributed by atoms with E-state index in [1.165, 1.54) is 32.1 Å². The Morgan fingerprint density at radius 3 is 2.88 bits per heavy atom. The number of hydrogen-bond acceptors (Lipinski definition) is 2. The van der Waals surface area contributed by atoms with Crippen molar-refractivity contribution in [2.24, 2.45) is 11.7 Å². The van der Waals surface area contributed by atoms with Crippen LogP contribution in [0.3, 0.4) is 0 Å². The molecule has 0 radical (unpaired) electrons. The Hall–Kier alpha value is -0.0851. The van der Waals surface area contributed by atoms with Crippen molar-refractivity contribution in [1.82, 2.24) is 4.90 Å². The minimum atomic E-state index is 0.0610. The fourth-order valence-corrected chi connectivity index (χ4v) is 3.85. The Balaban J connectivity index is 2.24. The summed E-state index contributed by atoms with van der Waals surface area (Å²) < 4.78 is 0. The monoisotopic (exact) mass is 238 g/mol. The Bertz CT molecular complexity index is 284. The van der Waals surface area contributed by atoms with Gasteiger partial charge in [0, 0.05) is 13.1 Å². The summed E-state index contributed by atoms with van der Waals surface area (Å²) in [4.78, 5) is 3.48. The van der Waals surface area contributed by atoms with Gasteiger partial charge in [-0.2, -0.15) is 0 Å². The van der Waals surface area contributed by atoms with Gasteiger partial charge in [0.1, 0.15) is 7.28 Å². The first-order valence-electron chi connectivity index (χ1n) is 6.63. The third kappa shape index (κ3) is 2.02. The minimum Gasteiger partial charge on any atom is -0.366 e. The highest BCUT2D eigenvalue weighted by Crippen LogP contribution is 2.38. The summed E-state index contributed by atoms with van der Waals surface area (Å²) in [6, 6.07) is 0.605. The predicted octanol–water partition coefficient (Wildman–Crippen LogP) is 1.74. The molecule has 3 unspecified atom stereocenters. The fraction of sp³-hybridized carbons (Fsp3) is 0.917. The molecule has 2 N–H and O–H groups in total. The number of fused-ring (bicyclic) bond motifs is 1. The topological polar surface area (TPSA) is 29.3 Å². The summed E-state index contributed by atoms with van der Waals surface area (Å²) in [5, 5.41) is 0. The quantitative estimate of drug-likeness (QED) is 0.557. The highest BCUT2D eigenvalue weighted by atomic mass is 32.1. The maximum Gasteiger partial charge on any atom is 0.143 e. The van der Waals surface area contributed by atoms with Crippen molar-refractivity contribution in [3.05, 3.63) is 0 Å². The Morgan fingerprint density at radius 2 is 2.19 bits per heavy atom. The molecule has 0 aromatic heterocycles. The van der Waals surface area contributed by atoms with Gasteiger partial charge in [0.05, 0.1) is 4.99 Å². The third-order valence-electron chi connectivity index (χ3n) is 4.81. The molecule has 1 saturated carbocycles. The lowest BCUT2D eigenvalue weighted by molar-refractivity contribution is 0.174. The predicted molar refractivity (Wildman–Crippen MR) is 75.3 cm³/mol. The molecular weight excluding hydrogens is 215 g/mol. The molecule has 16 heavy (non-hydrogen) atoms. The zero-order valence-corrected chi connectivity index (χ0v) is 11.4. The zero-order valence-electron chi connectivity index (χ0n) is 10.5. The molecule has 0 spiro atoms. The average Bonchev–Trinajstić information content (AvgIpc) is 2.45. The summed E-state index contributed by atoms with van der Waals surface area (Å²) in [7, 11) is 3.27. The van der Waals surface area contributed by atoms with Crippen LogP contribution < -0.4 is 5.73 Å². The van der Waals surface area contributed by atoms with E-state index in [1.807, 2.05) is 0 Å². The van der Waals surface area contributed by atoms with E-state index in [1.54, 1.807) is 0 Å². The van der Waals surface area contributed by atoms with Crippen LogP contribution >= 0.6 is 12.2 Å². The van der Waals surface area contributed by atoms with Crippen LogP contribution in [0.2, 0.25) is 6.82 Å². The van der Waals surface area contributed by atoms with Gasteiger partial charge in [0.15, 0.2) is 0 Å². The van der Waals surface area contributed by atoms with Gasteiger partial charge in [-0.15, -0.1) is 0 Å². The molecule has 0 aromatic rings. The molecule has 0 bridgehead atoms. The first-order valence-corrected chi connectivity index (χ1v) is 7.04. The number of hydrogen-bond donors (Lipinski definition) is 1. The van der Waals surface area contributed by atoms with E-state index >= 15 is 0 Å². The van der Waals surface area contributed by atoms with E-state index in [9.17, 15) is 0 Å². The van der Waals surface area contributed by atoms with Crippen LogP contribution in [0.15, 0.2) is 0 Å². The Labute approximate surface area is 105 Å². The minimum absolute atomic E-state index is 0.0610. The number of likely N-dealkylation sites (tertiary alicyclic amines) is 1. The SMILES string of the molecule is CBC1(N)CCCCC2C1CCC(=S)N2C. The van der Waals surface area contributed by atoms with Crippen LogP contribution in [0.5, 0.6) is 0 Å². The second-order valence-electron chi connectivity index (χ2n) is 5.55. The van der Waals surface area contributed by atoms with Crippen molar-refractivity contribution in [3.8, 4) is 0 Å². The van der Waals surface area contributed by atoms with Crippen molar-refractivity contribution in [3.63, 3.8) is 0 Å². The second-order valence-corrected chi connectivity index (χ2v) is 6.02. The molecule has 0 amide bonds. The highest BCUT2D eigenvalue weighted by Gasteiger charge is 2.44. The van der Waals surface area contributed by atoms with E-state index < -0.39 is 0 Å². The normalized spacial score (nSPS) is 40.2. The van der Waals surface area contributed by atoms with Crippen molar-refractivity contribution in [2.75, 3.05) is 7.05 Å². The van der Waals surface area contributed by atoms with Crippen LogP contribution in [0.1, 0.15) is 38.5 Å². The van der Waals surface area contributed by atoms with Gasteiger partial charge in [-0.05, 0) is 37.0 Å². The van der Waals surface area contributed by atoms with Gasteiger partial charge in [0.25, 0.3) is 0 Å². The molecule has 2 fully saturated rings. The number of nitrogens with two attached hydrogens (primary N) is 1. The summed E-state index contributed by atoms with van der Waals surface area (Å²) in [6.45, 7) is 2.25. The number of nitrogens with zero attached hydrogens (tertiary/aromatic N) is 1.